The maximum Gasteiger partial charge on any atom is 0.244 e. The highest BCUT2D eigenvalue weighted by atomic mass is 16.2. The molecule has 0 aliphatic carbocycles. The van der Waals surface area contributed by atoms with Gasteiger partial charge in [-0.1, -0.05) is 56.3 Å². The van der Waals surface area contributed by atoms with Gasteiger partial charge >= 0.3 is 0 Å². The molecular weight excluding hydrogens is 324 g/mol. The van der Waals surface area contributed by atoms with Crippen LogP contribution in [0.25, 0.3) is 0 Å². The van der Waals surface area contributed by atoms with Gasteiger partial charge in [0.2, 0.25) is 11.8 Å². The average molecular weight is 352 g/mol. The van der Waals surface area contributed by atoms with Crippen molar-refractivity contribution in [1.82, 2.24) is 4.90 Å². The van der Waals surface area contributed by atoms with Crippen molar-refractivity contribution in [1.29, 1.82) is 0 Å². The molecule has 0 unspecified atom stereocenters. The minimum absolute atomic E-state index is 0.0372. The van der Waals surface area contributed by atoms with E-state index in [4.69, 9.17) is 0 Å². The number of para-hydroxylation sites is 1. The third-order valence-corrected chi connectivity index (χ3v) is 4.59. The van der Waals surface area contributed by atoms with Crippen LogP contribution < -0.4 is 5.32 Å². The van der Waals surface area contributed by atoms with Gasteiger partial charge in [0.15, 0.2) is 0 Å². The van der Waals surface area contributed by atoms with Gasteiger partial charge in [-0.25, -0.2) is 0 Å². The van der Waals surface area contributed by atoms with E-state index >= 15 is 0 Å². The van der Waals surface area contributed by atoms with Gasteiger partial charge in [0.25, 0.3) is 0 Å². The number of benzene rings is 2. The Morgan fingerprint density at radius 1 is 1.00 bits per heavy atom. The Hall–Kier alpha value is -2.62. The second-order valence-electron chi connectivity index (χ2n) is 7.04. The maximum absolute atomic E-state index is 12.6. The molecule has 0 aromatic heterocycles. The number of carbonyl (C=O) groups excluding carboxylic acids is 2. The van der Waals surface area contributed by atoms with E-state index in [1.807, 2.05) is 56.3 Å². The first-order valence-corrected chi connectivity index (χ1v) is 8.99. The lowest BCUT2D eigenvalue weighted by molar-refractivity contribution is -0.133. The number of nitrogens with one attached hydrogen (secondary N) is 1. The van der Waals surface area contributed by atoms with E-state index in [0.29, 0.717) is 12.5 Å². The van der Waals surface area contributed by atoms with E-state index in [1.165, 1.54) is 6.92 Å². The number of anilines is 1. The first-order chi connectivity index (χ1) is 12.3. The van der Waals surface area contributed by atoms with Crippen molar-refractivity contribution in [3.8, 4) is 0 Å². The fourth-order valence-corrected chi connectivity index (χ4v) is 2.97. The number of amides is 2. The summed E-state index contributed by atoms with van der Waals surface area (Å²) in [5.74, 6) is 0.0170. The summed E-state index contributed by atoms with van der Waals surface area (Å²) in [6.07, 6.45) is 0. The lowest BCUT2D eigenvalue weighted by Crippen LogP contribution is -2.36. The molecule has 26 heavy (non-hydrogen) atoms. The van der Waals surface area contributed by atoms with Crippen molar-refractivity contribution in [2.24, 2.45) is 0 Å². The van der Waals surface area contributed by atoms with E-state index in [2.05, 4.69) is 19.2 Å². The molecule has 138 valence electrons. The Balaban J connectivity index is 2.14. The molecule has 0 saturated heterocycles. The zero-order chi connectivity index (χ0) is 19.3. The third-order valence-electron chi connectivity index (χ3n) is 4.59. The molecule has 2 aromatic rings. The van der Waals surface area contributed by atoms with Gasteiger partial charge in [0.1, 0.15) is 6.54 Å². The Kier molecular flexibility index (Phi) is 6.56. The summed E-state index contributed by atoms with van der Waals surface area (Å²) >= 11 is 0. The molecule has 0 saturated carbocycles. The summed E-state index contributed by atoms with van der Waals surface area (Å²) < 4.78 is 0. The van der Waals surface area contributed by atoms with Crippen LogP contribution in [0, 0.1) is 13.8 Å². The highest BCUT2D eigenvalue weighted by molar-refractivity contribution is 5.95. The molecule has 0 aliphatic heterocycles. The summed E-state index contributed by atoms with van der Waals surface area (Å²) in [6.45, 7) is 10.2. The van der Waals surface area contributed by atoms with Crippen molar-refractivity contribution in [3.63, 3.8) is 0 Å². The number of rotatable bonds is 6. The highest BCUT2D eigenvalue weighted by Gasteiger charge is 2.17. The van der Waals surface area contributed by atoms with Gasteiger partial charge in [0, 0.05) is 19.2 Å². The smallest absolute Gasteiger partial charge is 0.244 e. The summed E-state index contributed by atoms with van der Waals surface area (Å²) in [7, 11) is 0. The average Bonchev–Trinajstić information content (AvgIpc) is 2.57. The summed E-state index contributed by atoms with van der Waals surface area (Å²) in [6, 6.07) is 13.9. The number of hydrogen-bond acceptors (Lipinski definition) is 2. The highest BCUT2D eigenvalue weighted by Crippen LogP contribution is 2.27. The monoisotopic (exact) mass is 352 g/mol. The van der Waals surface area contributed by atoms with Crippen molar-refractivity contribution in [3.05, 3.63) is 64.7 Å². The Labute approximate surface area is 156 Å². The van der Waals surface area contributed by atoms with Gasteiger partial charge in [-0.2, -0.15) is 0 Å². The lowest BCUT2D eigenvalue weighted by Gasteiger charge is -2.23. The second-order valence-corrected chi connectivity index (χ2v) is 7.04. The largest absolute Gasteiger partial charge is 0.329 e. The predicted octanol–water partition coefficient (Wildman–Crippen LogP) is 4.41. The molecule has 0 fully saturated rings. The molecule has 1 N–H and O–H groups in total. The molecular formula is C22H28N2O2. The third kappa shape index (κ3) is 4.94. The van der Waals surface area contributed by atoms with E-state index < -0.39 is 0 Å². The fourth-order valence-electron chi connectivity index (χ4n) is 2.97. The van der Waals surface area contributed by atoms with Crippen molar-refractivity contribution in [2.75, 3.05) is 11.9 Å². The first-order valence-electron chi connectivity index (χ1n) is 8.99. The minimum atomic E-state index is -0.176. The van der Waals surface area contributed by atoms with Crippen LogP contribution in [0.1, 0.15) is 48.9 Å². The van der Waals surface area contributed by atoms with Crippen LogP contribution in [0.2, 0.25) is 0 Å². The van der Waals surface area contributed by atoms with E-state index in [9.17, 15) is 9.59 Å². The van der Waals surface area contributed by atoms with Crippen LogP contribution in [-0.2, 0) is 16.1 Å². The minimum Gasteiger partial charge on any atom is -0.329 e. The van der Waals surface area contributed by atoms with Crippen molar-refractivity contribution in [2.45, 2.75) is 47.1 Å². The molecule has 0 spiro atoms. The molecule has 2 aromatic carbocycles. The van der Waals surface area contributed by atoms with E-state index in [1.54, 1.807) is 4.90 Å². The Bertz CT molecular complexity index is 796. The van der Waals surface area contributed by atoms with Gasteiger partial charge in [-0.05, 0) is 42.0 Å². The first kappa shape index (κ1) is 19.7. The lowest BCUT2D eigenvalue weighted by atomic mass is 9.98. The molecule has 0 radical (unpaired) electrons. The predicted molar refractivity (Wildman–Crippen MR) is 106 cm³/mol. The van der Waals surface area contributed by atoms with Gasteiger partial charge in [-0.3, -0.25) is 9.59 Å². The standard InChI is InChI=1S/C22H28N2O2/c1-15(2)20-12-8-10-17(4)22(20)23-21(26)14-24(18(5)25)13-19-11-7-6-9-16(19)3/h6-12,15H,13-14H2,1-5H3,(H,23,26). The number of nitrogens with zero attached hydrogens (tertiary/aromatic N) is 1. The van der Waals surface area contributed by atoms with Crippen LogP contribution in [0.5, 0.6) is 0 Å². The summed E-state index contributed by atoms with van der Waals surface area (Å²) in [4.78, 5) is 26.2. The SMILES string of the molecule is CC(=O)N(CC(=O)Nc1c(C)cccc1C(C)C)Cc1ccccc1C. The molecule has 0 atom stereocenters. The van der Waals surface area contributed by atoms with E-state index in [-0.39, 0.29) is 18.4 Å². The molecule has 0 bridgehead atoms. The second kappa shape index (κ2) is 8.65. The van der Waals surface area contributed by atoms with Crippen LogP contribution >= 0.6 is 0 Å². The Morgan fingerprint density at radius 2 is 1.65 bits per heavy atom. The van der Waals surface area contributed by atoms with Crippen LogP contribution in [0.3, 0.4) is 0 Å². The Morgan fingerprint density at radius 3 is 2.27 bits per heavy atom. The molecule has 2 rings (SSSR count). The number of carbonyl (C=O) groups is 2. The molecule has 4 heteroatoms. The topological polar surface area (TPSA) is 49.4 Å². The normalized spacial score (nSPS) is 10.7. The zero-order valence-electron chi connectivity index (χ0n) is 16.3. The van der Waals surface area contributed by atoms with Gasteiger partial charge in [-0.15, -0.1) is 0 Å². The maximum atomic E-state index is 12.6. The summed E-state index contributed by atoms with van der Waals surface area (Å²) in [5, 5.41) is 3.01. The fraction of sp³-hybridized carbons (Fsp3) is 0.364. The molecule has 2 amide bonds. The van der Waals surface area contributed by atoms with E-state index in [0.717, 1.165) is 27.9 Å². The zero-order valence-corrected chi connectivity index (χ0v) is 16.3. The number of hydrogen-bond donors (Lipinski definition) is 1. The van der Waals surface area contributed by atoms with Gasteiger partial charge < -0.3 is 10.2 Å². The number of aryl methyl sites for hydroxylation is 2. The molecule has 0 heterocycles. The summed E-state index contributed by atoms with van der Waals surface area (Å²) in [5.41, 5.74) is 5.14. The van der Waals surface area contributed by atoms with Crippen LogP contribution in [-0.4, -0.2) is 23.3 Å². The van der Waals surface area contributed by atoms with Crippen molar-refractivity contribution < 1.29 is 9.59 Å². The van der Waals surface area contributed by atoms with Crippen LogP contribution in [0.4, 0.5) is 5.69 Å². The van der Waals surface area contributed by atoms with Gasteiger partial charge in [0.05, 0.1) is 0 Å². The van der Waals surface area contributed by atoms with Crippen molar-refractivity contribution >= 4 is 17.5 Å². The quantitative estimate of drug-likeness (QED) is 0.837. The molecule has 0 aliphatic rings. The van der Waals surface area contributed by atoms with Crippen LogP contribution in [0.15, 0.2) is 42.5 Å². The molecule has 4 nitrogen and oxygen atoms in total.